The van der Waals surface area contributed by atoms with Crippen LogP contribution < -0.4 is 35.9 Å². The number of carboxylic acids is 1. The van der Waals surface area contributed by atoms with E-state index in [9.17, 15) is 67.8 Å². The highest BCUT2D eigenvalue weighted by Gasteiger charge is 2.47. The number of aromatic nitrogens is 4. The molecule has 8 unspecified atom stereocenters. The van der Waals surface area contributed by atoms with Gasteiger partial charge in [-0.3, -0.25) is 32.9 Å². The van der Waals surface area contributed by atoms with E-state index in [2.05, 4.69) is 43.5 Å². The van der Waals surface area contributed by atoms with Crippen LogP contribution in [-0.4, -0.2) is 114 Å². The number of phosphoric acid groups is 3. The normalized spacial score (nSPS) is 21.5. The molecule has 3 rings (SSSR count). The van der Waals surface area contributed by atoms with Crippen LogP contribution in [0.1, 0.15) is 65.5 Å². The minimum atomic E-state index is -5.94. The Balaban J connectivity index is 1.46. The number of rotatable bonds is 26. The molecule has 0 bridgehead atoms. The topological polar surface area (TPSA) is 412 Å². The van der Waals surface area contributed by atoms with Crippen LogP contribution in [0.25, 0.3) is 11.2 Å². The zero-order valence-corrected chi connectivity index (χ0v) is 35.9. The van der Waals surface area contributed by atoms with Gasteiger partial charge in [0.2, 0.25) is 16.9 Å². The third kappa shape index (κ3) is 15.7. The number of nitrogens with one attached hydrogen (secondary N) is 2. The van der Waals surface area contributed by atoms with E-state index >= 15 is 0 Å². The minimum absolute atomic E-state index is 0.0201. The molecule has 26 nitrogen and oxygen atoms in total. The Morgan fingerprint density at radius 1 is 1.03 bits per heavy atom. The first-order valence-electron chi connectivity index (χ1n) is 18.1. The quantitative estimate of drug-likeness (QED) is 0.0331. The summed E-state index contributed by atoms with van der Waals surface area (Å²) in [5, 5.41) is 35.0. The Kier molecular flexibility index (Phi) is 19.2. The number of aliphatic hydroxyl groups excluding tert-OH is 2. The molecule has 1 aliphatic heterocycles. The SMILES string of the molecule is CCCCCCC(C(=O)O)C(=O)SCCNC(=O)CCNC(=O)C(O)C(C)(C)COP(=O)([O-])OP(=O)([O-])OCC1OC(n2cnc3c(N)ncnc32)C(O)C1OP(=O)([O-])[O-]. The number of amides is 2. The van der Waals surface area contributed by atoms with Gasteiger partial charge in [0.25, 0.3) is 15.6 Å². The zero-order valence-electron chi connectivity index (χ0n) is 32.4. The molecule has 0 spiro atoms. The molecule has 0 aromatic carbocycles. The second-order valence-corrected chi connectivity index (χ2v) is 19.1. The van der Waals surface area contributed by atoms with Crippen molar-refractivity contribution in [1.29, 1.82) is 0 Å². The molecule has 8 atom stereocenters. The van der Waals surface area contributed by atoms with Crippen LogP contribution in [0.5, 0.6) is 0 Å². The summed E-state index contributed by atoms with van der Waals surface area (Å²) in [5.74, 6) is -3.96. The Bertz CT molecular complexity index is 1950. The monoisotopic (exact) mass is 933 g/mol. The van der Waals surface area contributed by atoms with Crippen LogP contribution in [-0.2, 0) is 55.5 Å². The summed E-state index contributed by atoms with van der Waals surface area (Å²) < 4.78 is 60.5. The molecule has 1 aliphatic rings. The largest absolute Gasteiger partial charge is 0.790 e. The number of hydrogen-bond donors (Lipinski definition) is 6. The predicted octanol–water partition coefficient (Wildman–Crippen LogP) is -2.19. The number of imidazole rings is 1. The summed E-state index contributed by atoms with van der Waals surface area (Å²) in [5.41, 5.74) is 4.00. The fraction of sp³-hybridized carbons (Fsp3) is 0.700. The highest BCUT2D eigenvalue weighted by atomic mass is 32.2. The molecule has 2 amide bonds. The van der Waals surface area contributed by atoms with Crippen LogP contribution in [0.15, 0.2) is 12.7 Å². The molecule has 1 saturated heterocycles. The Morgan fingerprint density at radius 2 is 1.72 bits per heavy atom. The number of carbonyl (C=O) groups excluding carboxylic acids is 3. The van der Waals surface area contributed by atoms with Gasteiger partial charge in [-0.05, 0) is 6.42 Å². The van der Waals surface area contributed by atoms with Gasteiger partial charge in [-0.1, -0.05) is 58.2 Å². The fourth-order valence-electron chi connectivity index (χ4n) is 5.48. The lowest BCUT2D eigenvalue weighted by molar-refractivity contribution is -0.347. The average Bonchev–Trinajstić information content (AvgIpc) is 3.71. The molecule has 30 heteroatoms. The van der Waals surface area contributed by atoms with E-state index in [1.165, 1.54) is 13.8 Å². The predicted molar refractivity (Wildman–Crippen MR) is 198 cm³/mol. The van der Waals surface area contributed by atoms with E-state index in [0.717, 1.165) is 48.2 Å². The number of fused-ring (bicyclic) bond motifs is 1. The lowest BCUT2D eigenvalue weighted by Gasteiger charge is -2.36. The molecule has 0 radical (unpaired) electrons. The summed E-state index contributed by atoms with van der Waals surface area (Å²) in [6.45, 7) is 1.76. The summed E-state index contributed by atoms with van der Waals surface area (Å²) in [4.78, 5) is 108. The van der Waals surface area contributed by atoms with Crippen LogP contribution in [0.2, 0.25) is 0 Å². The summed E-state index contributed by atoms with van der Waals surface area (Å²) >= 11 is 0.778. The number of aliphatic hydroxyl groups is 2. The average molecular weight is 934 g/mol. The van der Waals surface area contributed by atoms with Gasteiger partial charge < -0.3 is 74.1 Å². The summed E-state index contributed by atoms with van der Waals surface area (Å²) in [6.07, 6.45) is -4.28. The molecule has 0 aliphatic carbocycles. The third-order valence-electron chi connectivity index (χ3n) is 8.65. The molecular formula is C30H46N7O19P3S-4. The second kappa shape index (κ2) is 22.4. The van der Waals surface area contributed by atoms with E-state index in [-0.39, 0.29) is 48.7 Å². The van der Waals surface area contributed by atoms with Gasteiger partial charge in [0.15, 0.2) is 17.7 Å². The van der Waals surface area contributed by atoms with Crippen LogP contribution >= 0.6 is 35.2 Å². The molecule has 2 aromatic rings. The number of phosphoric ester groups is 3. The van der Waals surface area contributed by atoms with Crippen molar-refractivity contribution in [1.82, 2.24) is 30.2 Å². The summed E-state index contributed by atoms with van der Waals surface area (Å²) in [6, 6.07) is 0. The first-order chi connectivity index (χ1) is 27.9. The standard InChI is InChI=1S/C30H50N7O19P3S/c1-4-5-6-7-8-17(28(42)43)29(44)60-12-11-32-19(38)9-10-33-26(41)23(40)30(2,3)14-53-59(50,51)56-58(48,49)52-13-18-22(55-57(45,46)47)21(39)27(54-18)37-16-36-20-24(31)34-15-35-25(20)37/h15-18,21-23,27,39-40H,4-14H2,1-3H3,(H,32,38)(H,33,41)(H,42,43)(H,48,49)(H,50,51)(H2,31,34,35)(H2,45,46,47)/p-4. The maximum absolute atomic E-state index is 12.6. The molecule has 1 fully saturated rings. The molecular weight excluding hydrogens is 887 g/mol. The third-order valence-corrected chi connectivity index (χ3v) is 12.6. The number of ether oxygens (including phenoxy) is 1. The van der Waals surface area contributed by atoms with Crippen molar-refractivity contribution in [3.05, 3.63) is 12.7 Å². The van der Waals surface area contributed by atoms with Crippen LogP contribution in [0.4, 0.5) is 5.82 Å². The van der Waals surface area contributed by atoms with Gasteiger partial charge >= 0.3 is 5.97 Å². The van der Waals surface area contributed by atoms with E-state index in [1.54, 1.807) is 0 Å². The minimum Gasteiger partial charge on any atom is -0.790 e. The van der Waals surface area contributed by atoms with Crippen molar-refractivity contribution in [3.8, 4) is 0 Å². The van der Waals surface area contributed by atoms with Gasteiger partial charge in [-0.2, -0.15) is 0 Å². The number of nitrogen functional groups attached to an aromatic ring is 1. The zero-order chi connectivity index (χ0) is 45.1. The van der Waals surface area contributed by atoms with Crippen LogP contribution in [0.3, 0.4) is 0 Å². The van der Waals surface area contributed by atoms with Gasteiger partial charge in [-0.25, -0.2) is 19.3 Å². The lowest BCUT2D eigenvalue weighted by Crippen LogP contribution is -2.46. The number of nitrogens with zero attached hydrogens (tertiary/aromatic N) is 4. The second-order valence-electron chi connectivity index (χ2n) is 13.9. The van der Waals surface area contributed by atoms with Crippen molar-refractivity contribution in [2.24, 2.45) is 11.3 Å². The summed E-state index contributed by atoms with van der Waals surface area (Å²) in [7, 11) is -17.7. The van der Waals surface area contributed by atoms with Crippen LogP contribution in [0, 0.1) is 11.3 Å². The first kappa shape index (κ1) is 51.4. The van der Waals surface area contributed by atoms with Gasteiger partial charge in [-0.15, -0.1) is 0 Å². The molecule has 7 N–H and O–H groups in total. The number of anilines is 1. The van der Waals surface area contributed by atoms with Gasteiger partial charge in [0.1, 0.15) is 42.2 Å². The van der Waals surface area contributed by atoms with Gasteiger partial charge in [0, 0.05) is 30.7 Å². The Labute approximate surface area is 346 Å². The van der Waals surface area contributed by atoms with Crippen molar-refractivity contribution >= 4 is 75.1 Å². The molecule has 0 saturated carbocycles. The van der Waals surface area contributed by atoms with Crippen molar-refractivity contribution in [3.63, 3.8) is 0 Å². The lowest BCUT2D eigenvalue weighted by atomic mass is 9.87. The van der Waals surface area contributed by atoms with Crippen molar-refractivity contribution in [2.45, 2.75) is 89.9 Å². The number of thioether (sulfide) groups is 1. The smallest absolute Gasteiger partial charge is 0.314 e. The maximum Gasteiger partial charge on any atom is 0.314 e. The maximum atomic E-state index is 12.6. The molecule has 340 valence electrons. The number of nitrogens with two attached hydrogens (primary N) is 1. The Hall–Kier alpha value is -2.97. The van der Waals surface area contributed by atoms with E-state index in [1.807, 2.05) is 6.92 Å². The number of carboxylic acid groups (broad SMARTS) is 1. The van der Waals surface area contributed by atoms with Crippen molar-refractivity contribution in [2.75, 3.05) is 37.8 Å². The molecule has 3 heterocycles. The highest BCUT2D eigenvalue weighted by Crippen LogP contribution is 2.56. The van der Waals surface area contributed by atoms with E-state index in [4.69, 9.17) is 10.5 Å². The number of aliphatic carboxylic acids is 1. The van der Waals surface area contributed by atoms with Crippen molar-refractivity contribution < 1.29 is 90.4 Å². The number of unbranched alkanes of at least 4 members (excludes halogenated alkanes) is 3. The highest BCUT2D eigenvalue weighted by molar-refractivity contribution is 8.13. The molecule has 2 aromatic heterocycles. The number of hydrogen-bond acceptors (Lipinski definition) is 23. The fourth-order valence-corrected chi connectivity index (χ4v) is 9.04. The molecule has 60 heavy (non-hydrogen) atoms. The first-order valence-corrected chi connectivity index (χ1v) is 23.5. The van der Waals surface area contributed by atoms with E-state index in [0.29, 0.717) is 6.42 Å². The van der Waals surface area contributed by atoms with Gasteiger partial charge in [0.05, 0.1) is 27.4 Å². The number of carbonyl (C=O) groups is 4. The van der Waals surface area contributed by atoms with E-state index < -0.39 is 102 Å². The Morgan fingerprint density at radius 3 is 2.37 bits per heavy atom.